The maximum atomic E-state index is 6.05. The summed E-state index contributed by atoms with van der Waals surface area (Å²) in [4.78, 5) is 2.60. The lowest BCUT2D eigenvalue weighted by Crippen LogP contribution is -2.68. The summed E-state index contributed by atoms with van der Waals surface area (Å²) < 4.78 is 11.8. The summed E-state index contributed by atoms with van der Waals surface area (Å²) in [5.74, 6) is 0. The van der Waals surface area contributed by atoms with E-state index in [1.54, 1.807) is 0 Å². The molecule has 26 heavy (non-hydrogen) atoms. The van der Waals surface area contributed by atoms with E-state index in [0.29, 0.717) is 22.5 Å². The zero-order chi connectivity index (χ0) is 19.3. The van der Waals surface area contributed by atoms with Gasteiger partial charge in [0.05, 0.1) is 6.10 Å². The molecule has 2 fully saturated rings. The minimum Gasteiger partial charge on any atom is -0.381 e. The highest BCUT2D eigenvalue weighted by Crippen LogP contribution is 2.51. The van der Waals surface area contributed by atoms with Crippen molar-refractivity contribution in [3.8, 4) is 0 Å². The van der Waals surface area contributed by atoms with Crippen molar-refractivity contribution in [2.45, 2.75) is 105 Å². The van der Waals surface area contributed by atoms with Crippen molar-refractivity contribution in [3.05, 3.63) is 0 Å². The monoisotopic (exact) mass is 367 g/mol. The van der Waals surface area contributed by atoms with E-state index in [4.69, 9.17) is 9.47 Å². The highest BCUT2D eigenvalue weighted by Gasteiger charge is 2.54. The van der Waals surface area contributed by atoms with Crippen LogP contribution in [-0.4, -0.2) is 49.5 Å². The third-order valence-electron chi connectivity index (χ3n) is 6.07. The van der Waals surface area contributed by atoms with Gasteiger partial charge in [0.1, 0.15) is 0 Å². The Bertz CT molecular complexity index is 393. The van der Waals surface area contributed by atoms with Gasteiger partial charge in [-0.3, -0.25) is 4.90 Å². The number of nitrogens with zero attached hydrogens (tertiary/aromatic N) is 1. The van der Waals surface area contributed by atoms with Gasteiger partial charge in [-0.15, -0.1) is 0 Å². The Morgan fingerprint density at radius 1 is 0.808 bits per heavy atom. The largest absolute Gasteiger partial charge is 0.381 e. The molecule has 2 rings (SSSR count). The first-order valence-electron chi connectivity index (χ1n) is 11.0. The van der Waals surface area contributed by atoms with Crippen molar-refractivity contribution in [3.63, 3.8) is 0 Å². The summed E-state index contributed by atoms with van der Waals surface area (Å²) in [6.07, 6.45) is 10.5. The molecule has 3 heteroatoms. The maximum Gasteiger partial charge on any atom is 0.0587 e. The SMILES string of the molecule is CC(C)(C)CCCCCOCCCCOC1CC2(C1)CN(C(C)(C)C)C2. The average Bonchev–Trinajstić information content (AvgIpc) is 2.41. The van der Waals surface area contributed by atoms with Crippen LogP contribution in [0.25, 0.3) is 0 Å². The quantitative estimate of drug-likeness (QED) is 0.439. The smallest absolute Gasteiger partial charge is 0.0587 e. The molecule has 3 nitrogen and oxygen atoms in total. The lowest BCUT2D eigenvalue weighted by molar-refractivity contribution is -0.172. The first-order valence-corrected chi connectivity index (χ1v) is 11.0. The molecule has 0 N–H and O–H groups in total. The minimum absolute atomic E-state index is 0.337. The van der Waals surface area contributed by atoms with Crippen molar-refractivity contribution in [1.29, 1.82) is 0 Å². The molecule has 1 aliphatic carbocycles. The lowest BCUT2D eigenvalue weighted by atomic mass is 9.61. The molecule has 1 spiro atoms. The van der Waals surface area contributed by atoms with Crippen LogP contribution >= 0.6 is 0 Å². The fourth-order valence-electron chi connectivity index (χ4n) is 4.21. The molecule has 0 aromatic carbocycles. The molecule has 0 bridgehead atoms. The van der Waals surface area contributed by atoms with Crippen LogP contribution in [0.15, 0.2) is 0 Å². The predicted octanol–water partition coefficient (Wildman–Crippen LogP) is 5.67. The number of hydrogen-bond acceptors (Lipinski definition) is 3. The van der Waals surface area contributed by atoms with Crippen LogP contribution in [0.1, 0.15) is 92.9 Å². The van der Waals surface area contributed by atoms with Crippen LogP contribution in [0, 0.1) is 10.8 Å². The Hall–Kier alpha value is -0.120. The van der Waals surface area contributed by atoms with E-state index in [1.807, 2.05) is 0 Å². The Morgan fingerprint density at radius 3 is 1.96 bits per heavy atom. The van der Waals surface area contributed by atoms with Crippen molar-refractivity contribution in [2.75, 3.05) is 32.9 Å². The molecule has 0 atom stereocenters. The fourth-order valence-corrected chi connectivity index (χ4v) is 4.21. The Morgan fingerprint density at radius 2 is 1.38 bits per heavy atom. The molecule has 2 aliphatic rings. The van der Waals surface area contributed by atoms with Crippen LogP contribution in [0.5, 0.6) is 0 Å². The van der Waals surface area contributed by atoms with Gasteiger partial charge in [0, 0.05) is 43.9 Å². The van der Waals surface area contributed by atoms with Crippen molar-refractivity contribution >= 4 is 0 Å². The zero-order valence-electron chi connectivity index (χ0n) is 18.5. The first-order chi connectivity index (χ1) is 12.1. The first kappa shape index (κ1) is 22.2. The number of unbranched alkanes of at least 4 members (excludes halogenated alkanes) is 3. The summed E-state index contributed by atoms with van der Waals surface area (Å²) >= 11 is 0. The topological polar surface area (TPSA) is 21.7 Å². The van der Waals surface area contributed by atoms with Crippen LogP contribution in [0.4, 0.5) is 0 Å². The molecule has 0 radical (unpaired) electrons. The van der Waals surface area contributed by atoms with Gasteiger partial charge in [-0.1, -0.05) is 33.6 Å². The fraction of sp³-hybridized carbons (Fsp3) is 1.00. The number of ether oxygens (including phenoxy) is 2. The van der Waals surface area contributed by atoms with Gasteiger partial charge >= 0.3 is 0 Å². The van der Waals surface area contributed by atoms with Gasteiger partial charge in [0.25, 0.3) is 0 Å². The van der Waals surface area contributed by atoms with Crippen molar-refractivity contribution in [1.82, 2.24) is 4.90 Å². The molecule has 1 aliphatic heterocycles. The molecule has 0 amide bonds. The molecule has 1 saturated heterocycles. The Labute approximate surface area is 163 Å². The molecular formula is C23H45NO2. The van der Waals surface area contributed by atoms with Gasteiger partial charge < -0.3 is 9.47 Å². The van der Waals surface area contributed by atoms with Gasteiger partial charge in [0.2, 0.25) is 0 Å². The maximum absolute atomic E-state index is 6.05. The van der Waals surface area contributed by atoms with E-state index in [9.17, 15) is 0 Å². The zero-order valence-corrected chi connectivity index (χ0v) is 18.5. The molecular weight excluding hydrogens is 322 g/mol. The summed E-state index contributed by atoms with van der Waals surface area (Å²) in [7, 11) is 0. The van der Waals surface area contributed by atoms with Gasteiger partial charge in [-0.25, -0.2) is 0 Å². The normalized spacial score (nSPS) is 21.0. The standard InChI is InChI=1S/C23H45NO2/c1-21(2,3)12-8-7-9-13-25-14-10-11-15-26-20-16-23(17-20)18-24(19-23)22(4,5)6/h20H,7-19H2,1-6H3. The van der Waals surface area contributed by atoms with Crippen LogP contribution < -0.4 is 0 Å². The van der Waals surface area contributed by atoms with E-state index in [1.165, 1.54) is 51.6 Å². The van der Waals surface area contributed by atoms with E-state index < -0.39 is 0 Å². The van der Waals surface area contributed by atoms with E-state index in [0.717, 1.165) is 32.7 Å². The van der Waals surface area contributed by atoms with Gasteiger partial charge in [0.15, 0.2) is 0 Å². The number of hydrogen-bond donors (Lipinski definition) is 0. The Balaban J connectivity index is 1.33. The number of likely N-dealkylation sites (tertiary alicyclic amines) is 1. The van der Waals surface area contributed by atoms with Crippen LogP contribution in [0.3, 0.4) is 0 Å². The molecule has 1 saturated carbocycles. The molecule has 0 unspecified atom stereocenters. The highest BCUT2D eigenvalue weighted by molar-refractivity contribution is 5.07. The average molecular weight is 368 g/mol. The third-order valence-corrected chi connectivity index (χ3v) is 6.07. The van der Waals surface area contributed by atoms with Gasteiger partial charge in [-0.2, -0.15) is 0 Å². The van der Waals surface area contributed by atoms with Crippen LogP contribution in [-0.2, 0) is 9.47 Å². The lowest BCUT2D eigenvalue weighted by Gasteiger charge is -2.62. The second-order valence-electron chi connectivity index (χ2n) is 11.1. The second kappa shape index (κ2) is 9.39. The molecule has 154 valence electrons. The van der Waals surface area contributed by atoms with Crippen molar-refractivity contribution < 1.29 is 9.47 Å². The third kappa shape index (κ3) is 7.48. The van der Waals surface area contributed by atoms with E-state index in [2.05, 4.69) is 46.4 Å². The summed E-state index contributed by atoms with van der Waals surface area (Å²) in [6.45, 7) is 19.2. The molecule has 0 aromatic rings. The minimum atomic E-state index is 0.337. The summed E-state index contributed by atoms with van der Waals surface area (Å²) in [5.41, 5.74) is 1.42. The highest BCUT2D eigenvalue weighted by atomic mass is 16.5. The van der Waals surface area contributed by atoms with E-state index >= 15 is 0 Å². The summed E-state index contributed by atoms with van der Waals surface area (Å²) in [6, 6.07) is 0. The second-order valence-corrected chi connectivity index (χ2v) is 11.1. The van der Waals surface area contributed by atoms with Crippen molar-refractivity contribution in [2.24, 2.45) is 10.8 Å². The predicted molar refractivity (Wildman–Crippen MR) is 111 cm³/mol. The Kier molecular flexibility index (Phi) is 8.00. The molecule has 1 heterocycles. The summed E-state index contributed by atoms with van der Waals surface area (Å²) in [5, 5.41) is 0. The van der Waals surface area contributed by atoms with Gasteiger partial charge in [-0.05, 0) is 64.7 Å². The van der Waals surface area contributed by atoms with E-state index in [-0.39, 0.29) is 0 Å². The number of rotatable bonds is 11. The van der Waals surface area contributed by atoms with Crippen LogP contribution in [0.2, 0.25) is 0 Å². The molecule has 0 aromatic heterocycles.